The standard InChI is InChI=1S/C19H29F2N5O/c1-12-13(2)23-16(18(27)22-7-5-14-9-19(20,21)10-14)24-17(12)26-8-6-15(11-26)25(3)4/h14-15H,5-11H2,1-4H3,(H,22,27)/t15-/m1/s1. The molecule has 0 radical (unpaired) electrons. The molecule has 0 bridgehead atoms. The number of rotatable bonds is 6. The van der Waals surface area contributed by atoms with E-state index in [1.807, 2.05) is 13.8 Å². The number of carbonyl (C=O) groups is 1. The van der Waals surface area contributed by atoms with E-state index in [0.29, 0.717) is 19.0 Å². The van der Waals surface area contributed by atoms with E-state index in [4.69, 9.17) is 0 Å². The van der Waals surface area contributed by atoms with Crippen LogP contribution in [-0.2, 0) is 0 Å². The molecule has 1 aromatic rings. The van der Waals surface area contributed by atoms with Crippen LogP contribution < -0.4 is 10.2 Å². The van der Waals surface area contributed by atoms with Crippen molar-refractivity contribution < 1.29 is 13.6 Å². The zero-order chi connectivity index (χ0) is 19.8. The third-order valence-corrected chi connectivity index (χ3v) is 5.77. The lowest BCUT2D eigenvalue weighted by atomic mass is 9.79. The van der Waals surface area contributed by atoms with E-state index in [1.165, 1.54) is 0 Å². The summed E-state index contributed by atoms with van der Waals surface area (Å²) in [6, 6.07) is 0.470. The summed E-state index contributed by atoms with van der Waals surface area (Å²) in [4.78, 5) is 25.7. The minimum atomic E-state index is -2.51. The van der Waals surface area contributed by atoms with Crippen molar-refractivity contribution in [3.05, 3.63) is 17.1 Å². The maximum Gasteiger partial charge on any atom is 0.289 e. The number of anilines is 1. The Bertz CT molecular complexity index is 702. The topological polar surface area (TPSA) is 61.4 Å². The first-order valence-electron chi connectivity index (χ1n) is 9.59. The Morgan fingerprint density at radius 3 is 2.59 bits per heavy atom. The first-order valence-corrected chi connectivity index (χ1v) is 9.59. The number of amides is 1. The van der Waals surface area contributed by atoms with Crippen LogP contribution in [0.15, 0.2) is 0 Å². The summed E-state index contributed by atoms with van der Waals surface area (Å²) < 4.78 is 25.8. The van der Waals surface area contributed by atoms with Gasteiger partial charge in [-0.2, -0.15) is 0 Å². The highest BCUT2D eigenvalue weighted by atomic mass is 19.3. The number of hydrogen-bond acceptors (Lipinski definition) is 5. The van der Waals surface area contributed by atoms with E-state index < -0.39 is 5.92 Å². The van der Waals surface area contributed by atoms with Crippen LogP contribution >= 0.6 is 0 Å². The summed E-state index contributed by atoms with van der Waals surface area (Å²) in [6.45, 7) is 6.01. The summed E-state index contributed by atoms with van der Waals surface area (Å²) in [7, 11) is 4.15. The van der Waals surface area contributed by atoms with Gasteiger partial charge in [0.2, 0.25) is 11.7 Å². The number of carbonyl (C=O) groups excluding carboxylic acids is 1. The van der Waals surface area contributed by atoms with Crippen molar-refractivity contribution in [3.63, 3.8) is 0 Å². The molecule has 1 atom stereocenters. The van der Waals surface area contributed by atoms with Crippen LogP contribution in [0.3, 0.4) is 0 Å². The average Bonchev–Trinajstić information content (AvgIpc) is 3.05. The van der Waals surface area contributed by atoms with Gasteiger partial charge in [0.05, 0.1) is 0 Å². The van der Waals surface area contributed by atoms with E-state index in [0.717, 1.165) is 36.6 Å². The normalized spacial score (nSPS) is 22.2. The van der Waals surface area contributed by atoms with Crippen LogP contribution in [0.5, 0.6) is 0 Å². The molecule has 2 aliphatic rings. The summed E-state index contributed by atoms with van der Waals surface area (Å²) >= 11 is 0. The first kappa shape index (κ1) is 19.9. The van der Waals surface area contributed by atoms with Gasteiger partial charge >= 0.3 is 0 Å². The quantitative estimate of drug-likeness (QED) is 0.820. The maximum absolute atomic E-state index is 12.9. The molecular weight excluding hydrogens is 352 g/mol. The minimum absolute atomic E-state index is 0.0101. The van der Waals surface area contributed by atoms with Crippen molar-refractivity contribution in [1.82, 2.24) is 20.2 Å². The molecule has 1 N–H and O–H groups in total. The van der Waals surface area contributed by atoms with Gasteiger partial charge in [-0.05, 0) is 46.7 Å². The smallest absolute Gasteiger partial charge is 0.289 e. The van der Waals surface area contributed by atoms with Crippen molar-refractivity contribution in [2.24, 2.45) is 5.92 Å². The van der Waals surface area contributed by atoms with Gasteiger partial charge in [0.25, 0.3) is 5.91 Å². The zero-order valence-electron chi connectivity index (χ0n) is 16.6. The molecule has 2 heterocycles. The summed E-state index contributed by atoms with van der Waals surface area (Å²) in [5, 5.41) is 2.78. The van der Waals surface area contributed by atoms with Crippen LogP contribution in [-0.4, -0.2) is 66.5 Å². The highest BCUT2D eigenvalue weighted by molar-refractivity contribution is 5.91. The van der Waals surface area contributed by atoms with E-state index in [1.54, 1.807) is 0 Å². The lowest BCUT2D eigenvalue weighted by molar-refractivity contribution is -0.111. The highest BCUT2D eigenvalue weighted by Crippen LogP contribution is 2.43. The number of likely N-dealkylation sites (N-methyl/N-ethyl adjacent to an activating group) is 1. The van der Waals surface area contributed by atoms with Gasteiger partial charge in [-0.25, -0.2) is 18.7 Å². The molecule has 0 unspecified atom stereocenters. The molecule has 8 heteroatoms. The van der Waals surface area contributed by atoms with Gasteiger partial charge in [-0.15, -0.1) is 0 Å². The lowest BCUT2D eigenvalue weighted by Crippen LogP contribution is -2.38. The third kappa shape index (κ3) is 4.54. The Balaban J connectivity index is 1.62. The van der Waals surface area contributed by atoms with Gasteiger partial charge < -0.3 is 15.1 Å². The molecule has 6 nitrogen and oxygen atoms in total. The Hall–Kier alpha value is -1.83. The molecule has 1 amide bonds. The third-order valence-electron chi connectivity index (χ3n) is 5.77. The zero-order valence-corrected chi connectivity index (χ0v) is 16.6. The fourth-order valence-corrected chi connectivity index (χ4v) is 3.84. The molecule has 150 valence electrons. The van der Waals surface area contributed by atoms with Crippen molar-refractivity contribution in [3.8, 4) is 0 Å². The second-order valence-corrected chi connectivity index (χ2v) is 8.11. The summed E-state index contributed by atoms with van der Waals surface area (Å²) in [6.07, 6.45) is 1.48. The summed E-state index contributed by atoms with van der Waals surface area (Å²) in [5.41, 5.74) is 1.78. The maximum atomic E-state index is 12.9. The Labute approximate surface area is 159 Å². The van der Waals surface area contributed by atoms with Gasteiger partial charge in [-0.1, -0.05) is 0 Å². The monoisotopic (exact) mass is 381 g/mol. The molecule has 0 aromatic carbocycles. The van der Waals surface area contributed by atoms with E-state index >= 15 is 0 Å². The molecule has 3 rings (SSSR count). The number of aromatic nitrogens is 2. The van der Waals surface area contributed by atoms with Crippen molar-refractivity contribution >= 4 is 11.7 Å². The first-order chi connectivity index (χ1) is 12.7. The fraction of sp³-hybridized carbons (Fsp3) is 0.737. The molecule has 1 saturated heterocycles. The molecule has 27 heavy (non-hydrogen) atoms. The van der Waals surface area contributed by atoms with Gasteiger partial charge in [0.1, 0.15) is 5.82 Å². The highest BCUT2D eigenvalue weighted by Gasteiger charge is 2.44. The SMILES string of the molecule is Cc1nc(C(=O)NCCC2CC(F)(F)C2)nc(N2CC[C@@H](N(C)C)C2)c1C. The number of nitrogens with one attached hydrogen (secondary N) is 1. The lowest BCUT2D eigenvalue weighted by Gasteiger charge is -2.34. The van der Waals surface area contributed by atoms with Crippen LogP contribution in [0.25, 0.3) is 0 Å². The Kier molecular flexibility index (Phi) is 5.65. The predicted octanol–water partition coefficient (Wildman–Crippen LogP) is 2.40. The molecule has 0 spiro atoms. The van der Waals surface area contributed by atoms with Crippen molar-refractivity contribution in [1.29, 1.82) is 0 Å². The number of nitrogens with zero attached hydrogens (tertiary/aromatic N) is 4. The molecule has 1 aliphatic heterocycles. The van der Waals surface area contributed by atoms with E-state index in [-0.39, 0.29) is 30.5 Å². The van der Waals surface area contributed by atoms with Crippen LogP contribution in [0, 0.1) is 19.8 Å². The predicted molar refractivity (Wildman–Crippen MR) is 100 cm³/mol. The molecule has 1 saturated carbocycles. The van der Waals surface area contributed by atoms with E-state index in [9.17, 15) is 13.6 Å². The molecular formula is C19H29F2N5O. The Morgan fingerprint density at radius 2 is 2.00 bits per heavy atom. The minimum Gasteiger partial charge on any atom is -0.355 e. The van der Waals surface area contributed by atoms with E-state index in [2.05, 4.69) is 39.2 Å². The van der Waals surface area contributed by atoms with Crippen LogP contribution in [0.1, 0.15) is 47.6 Å². The van der Waals surface area contributed by atoms with Crippen LogP contribution in [0.2, 0.25) is 0 Å². The second kappa shape index (κ2) is 7.66. The van der Waals surface area contributed by atoms with Crippen molar-refractivity contribution in [2.45, 2.75) is 51.5 Å². The Morgan fingerprint density at radius 1 is 1.30 bits per heavy atom. The number of aryl methyl sites for hydroxylation is 1. The van der Waals surface area contributed by atoms with Gasteiger partial charge in [0.15, 0.2) is 0 Å². The van der Waals surface area contributed by atoms with Gasteiger partial charge in [-0.3, -0.25) is 4.79 Å². The molecule has 1 aromatic heterocycles. The molecule has 2 fully saturated rings. The average molecular weight is 381 g/mol. The number of halogens is 2. The number of alkyl halides is 2. The second-order valence-electron chi connectivity index (χ2n) is 8.11. The fourth-order valence-electron chi connectivity index (χ4n) is 3.84. The summed E-state index contributed by atoms with van der Waals surface area (Å²) in [5.74, 6) is -1.89. The molecule has 1 aliphatic carbocycles. The van der Waals surface area contributed by atoms with Crippen LogP contribution in [0.4, 0.5) is 14.6 Å². The largest absolute Gasteiger partial charge is 0.355 e. The number of hydrogen-bond donors (Lipinski definition) is 1. The van der Waals surface area contributed by atoms with Gasteiger partial charge in [0, 0.05) is 49.8 Å². The van der Waals surface area contributed by atoms with Crippen molar-refractivity contribution in [2.75, 3.05) is 38.6 Å².